The second kappa shape index (κ2) is 27.5. The standard InChI is InChI=1S/2C6H6O.2C2H6.2CH3.Y/c2*7-6-4-2-1-3-5-6;2*1-2;;;/h2*1-5,7H;2*1-2H3;2*1H3;/q;;;;2*-1;. The van der Waals surface area contributed by atoms with Crippen LogP contribution in [-0.2, 0) is 32.7 Å². The Balaban J connectivity index is -0.0000000589. The zero-order chi connectivity index (χ0) is 14.2. The minimum Gasteiger partial charge on any atom is -0.508 e. The van der Waals surface area contributed by atoms with Crippen LogP contribution >= 0.6 is 0 Å². The van der Waals surface area contributed by atoms with Crippen LogP contribution in [-0.4, -0.2) is 10.2 Å². The fraction of sp³-hybridized carbons (Fsp3) is 0.222. The van der Waals surface area contributed by atoms with Crippen molar-refractivity contribution in [2.24, 2.45) is 0 Å². The molecular weight excluding hydrogens is 337 g/mol. The van der Waals surface area contributed by atoms with Crippen molar-refractivity contribution in [2.45, 2.75) is 27.7 Å². The summed E-state index contributed by atoms with van der Waals surface area (Å²) in [6, 6.07) is 17.4. The van der Waals surface area contributed by atoms with Gasteiger partial charge in [-0.05, 0) is 24.3 Å². The van der Waals surface area contributed by atoms with Crippen LogP contribution in [0.2, 0.25) is 0 Å². The molecule has 1 radical (unpaired) electrons. The molecule has 2 N–H and O–H groups in total. The van der Waals surface area contributed by atoms with Gasteiger partial charge in [0.15, 0.2) is 0 Å². The van der Waals surface area contributed by atoms with Crippen molar-refractivity contribution in [3.63, 3.8) is 0 Å². The number of rotatable bonds is 0. The number of phenolic OH excluding ortho intramolecular Hbond substituents is 2. The van der Waals surface area contributed by atoms with Crippen LogP contribution < -0.4 is 0 Å². The van der Waals surface area contributed by atoms with Gasteiger partial charge in [-0.3, -0.25) is 0 Å². The normalized spacial score (nSPS) is 6.29. The summed E-state index contributed by atoms with van der Waals surface area (Å²) in [5, 5.41) is 17.3. The SMILES string of the molecule is CC.CC.Oc1ccccc1.Oc1ccccc1.[CH3-].[CH3-].[Y]. The van der Waals surface area contributed by atoms with E-state index in [1.807, 2.05) is 39.8 Å². The number of benzene rings is 2. The van der Waals surface area contributed by atoms with Crippen molar-refractivity contribution in [3.05, 3.63) is 75.5 Å². The maximum atomic E-state index is 8.63. The summed E-state index contributed by atoms with van der Waals surface area (Å²) in [7, 11) is 0. The molecule has 0 bridgehead atoms. The van der Waals surface area contributed by atoms with E-state index < -0.39 is 0 Å². The van der Waals surface area contributed by atoms with Gasteiger partial charge < -0.3 is 25.1 Å². The van der Waals surface area contributed by atoms with E-state index in [-0.39, 0.29) is 47.6 Å². The third kappa shape index (κ3) is 24.5. The van der Waals surface area contributed by atoms with E-state index in [2.05, 4.69) is 0 Å². The molecule has 119 valence electrons. The van der Waals surface area contributed by atoms with Crippen LogP contribution in [0.4, 0.5) is 0 Å². The minimum absolute atomic E-state index is 0. The molecule has 0 aromatic heterocycles. The van der Waals surface area contributed by atoms with Crippen molar-refractivity contribution >= 4 is 0 Å². The van der Waals surface area contributed by atoms with Crippen LogP contribution in [0, 0.1) is 14.9 Å². The molecule has 0 fully saturated rings. The molecule has 0 amide bonds. The maximum absolute atomic E-state index is 8.63. The van der Waals surface area contributed by atoms with Gasteiger partial charge in [-0.1, -0.05) is 64.1 Å². The first kappa shape index (κ1) is 32.2. The quantitative estimate of drug-likeness (QED) is 0.584. The molecule has 2 rings (SSSR count). The van der Waals surface area contributed by atoms with E-state index in [1.165, 1.54) is 0 Å². The Kier molecular flexibility index (Phi) is 42.1. The summed E-state index contributed by atoms with van der Waals surface area (Å²) in [5.74, 6) is 0.644. The van der Waals surface area contributed by atoms with Gasteiger partial charge in [-0.2, -0.15) is 0 Å². The minimum atomic E-state index is 0. The monoisotopic (exact) mass is 367 g/mol. The Morgan fingerprint density at radius 1 is 0.524 bits per heavy atom. The van der Waals surface area contributed by atoms with Crippen LogP contribution in [0.15, 0.2) is 60.7 Å². The third-order valence-corrected chi connectivity index (χ3v) is 1.51. The molecule has 0 heterocycles. The number of hydrogen-bond acceptors (Lipinski definition) is 2. The predicted molar refractivity (Wildman–Crippen MR) is 91.7 cm³/mol. The second-order valence-electron chi connectivity index (χ2n) is 2.67. The molecule has 0 aliphatic heterocycles. The molecule has 2 aromatic rings. The summed E-state index contributed by atoms with van der Waals surface area (Å²) in [4.78, 5) is 0. The third-order valence-electron chi connectivity index (χ3n) is 1.51. The smallest absolute Gasteiger partial charge is 0.115 e. The molecule has 3 heteroatoms. The zero-order valence-corrected chi connectivity index (χ0v) is 17.1. The first-order valence-corrected chi connectivity index (χ1v) is 6.27. The topological polar surface area (TPSA) is 40.5 Å². The van der Waals surface area contributed by atoms with Gasteiger partial charge in [-0.15, -0.1) is 0 Å². The summed E-state index contributed by atoms with van der Waals surface area (Å²) >= 11 is 0. The average molecular weight is 367 g/mol. The second-order valence-corrected chi connectivity index (χ2v) is 2.67. The van der Waals surface area contributed by atoms with E-state index >= 15 is 0 Å². The summed E-state index contributed by atoms with van der Waals surface area (Å²) < 4.78 is 0. The van der Waals surface area contributed by atoms with Gasteiger partial charge in [0.2, 0.25) is 0 Å². The Morgan fingerprint density at radius 2 is 0.714 bits per heavy atom. The van der Waals surface area contributed by atoms with Crippen LogP contribution in [0.5, 0.6) is 11.5 Å². The van der Waals surface area contributed by atoms with Gasteiger partial charge in [-0.25, -0.2) is 0 Å². The average Bonchev–Trinajstić information content (AvgIpc) is 2.46. The van der Waals surface area contributed by atoms with Gasteiger partial charge >= 0.3 is 0 Å². The van der Waals surface area contributed by atoms with Crippen molar-refractivity contribution in [3.8, 4) is 11.5 Å². The van der Waals surface area contributed by atoms with E-state index in [4.69, 9.17) is 10.2 Å². The van der Waals surface area contributed by atoms with Crippen LogP contribution in [0.1, 0.15) is 27.7 Å². The maximum Gasteiger partial charge on any atom is 0.115 e. The number of phenols is 2. The molecule has 21 heavy (non-hydrogen) atoms. The predicted octanol–water partition coefficient (Wildman–Crippen LogP) is 5.73. The molecular formula is C18H30O2Y-2. The van der Waals surface area contributed by atoms with Gasteiger partial charge in [0.1, 0.15) is 11.5 Å². The van der Waals surface area contributed by atoms with Crippen molar-refractivity contribution in [1.29, 1.82) is 0 Å². The molecule has 0 aliphatic carbocycles. The van der Waals surface area contributed by atoms with E-state index in [0.717, 1.165) is 0 Å². The van der Waals surface area contributed by atoms with E-state index in [1.54, 1.807) is 48.5 Å². The molecule has 2 nitrogen and oxygen atoms in total. The molecule has 0 aliphatic rings. The number of para-hydroxylation sites is 2. The summed E-state index contributed by atoms with van der Waals surface area (Å²) in [6.45, 7) is 8.00. The zero-order valence-electron chi connectivity index (χ0n) is 14.2. The molecule has 2 aromatic carbocycles. The fourth-order valence-corrected chi connectivity index (χ4v) is 0.856. The fourth-order valence-electron chi connectivity index (χ4n) is 0.856. The van der Waals surface area contributed by atoms with E-state index in [9.17, 15) is 0 Å². The van der Waals surface area contributed by atoms with Gasteiger partial charge in [0.25, 0.3) is 0 Å². The van der Waals surface area contributed by atoms with Crippen molar-refractivity contribution in [2.75, 3.05) is 0 Å². The number of aromatic hydroxyl groups is 2. The van der Waals surface area contributed by atoms with Crippen LogP contribution in [0.3, 0.4) is 0 Å². The molecule has 0 spiro atoms. The summed E-state index contributed by atoms with van der Waals surface area (Å²) in [5.41, 5.74) is 0. The largest absolute Gasteiger partial charge is 0.508 e. The first-order valence-electron chi connectivity index (χ1n) is 6.27. The van der Waals surface area contributed by atoms with Crippen LogP contribution in [0.25, 0.3) is 0 Å². The Morgan fingerprint density at radius 3 is 0.810 bits per heavy atom. The molecule has 0 saturated carbocycles. The molecule has 0 atom stereocenters. The number of hydrogen-bond donors (Lipinski definition) is 2. The molecule has 0 unspecified atom stereocenters. The van der Waals surface area contributed by atoms with Crippen molar-refractivity contribution < 1.29 is 42.9 Å². The summed E-state index contributed by atoms with van der Waals surface area (Å²) in [6.07, 6.45) is 0. The Labute approximate surface area is 157 Å². The molecule has 0 saturated heterocycles. The van der Waals surface area contributed by atoms with Crippen molar-refractivity contribution in [1.82, 2.24) is 0 Å². The Bertz CT molecular complexity index is 313. The van der Waals surface area contributed by atoms with E-state index in [0.29, 0.717) is 11.5 Å². The van der Waals surface area contributed by atoms with Gasteiger partial charge in [0, 0.05) is 32.7 Å². The first-order chi connectivity index (χ1) is 8.79. The Hall–Kier alpha value is -0.856. The van der Waals surface area contributed by atoms with Gasteiger partial charge in [0.05, 0.1) is 0 Å².